The van der Waals surface area contributed by atoms with Crippen molar-refractivity contribution in [1.29, 1.82) is 0 Å². The van der Waals surface area contributed by atoms with Gasteiger partial charge in [-0.15, -0.1) is 0 Å². The van der Waals surface area contributed by atoms with Gasteiger partial charge in [-0.1, -0.05) is 0 Å². The van der Waals surface area contributed by atoms with Crippen molar-refractivity contribution >= 4 is 11.4 Å². The second-order valence-electron chi connectivity index (χ2n) is 5.19. The van der Waals surface area contributed by atoms with E-state index in [2.05, 4.69) is 5.32 Å². The Morgan fingerprint density at radius 3 is 2.24 bits per heavy atom. The van der Waals surface area contributed by atoms with E-state index in [4.69, 9.17) is 5.73 Å². The Bertz CT molecular complexity index is 427. The molecule has 1 aromatic rings. The van der Waals surface area contributed by atoms with Gasteiger partial charge in [0.1, 0.15) is 5.82 Å². The zero-order chi connectivity index (χ0) is 12.0. The Balaban J connectivity index is 1.83. The van der Waals surface area contributed by atoms with Crippen LogP contribution >= 0.6 is 0 Å². The molecule has 0 heterocycles. The van der Waals surface area contributed by atoms with Crippen molar-refractivity contribution in [3.63, 3.8) is 0 Å². The quantitative estimate of drug-likeness (QED) is 0.791. The summed E-state index contributed by atoms with van der Waals surface area (Å²) in [4.78, 5) is 0. The fourth-order valence-electron chi connectivity index (χ4n) is 2.42. The molecule has 0 bridgehead atoms. The summed E-state index contributed by atoms with van der Waals surface area (Å²) in [7, 11) is 0. The average Bonchev–Trinajstić information content (AvgIpc) is 3.15. The third-order valence-electron chi connectivity index (χ3n) is 3.68. The Labute approximate surface area is 99.2 Å². The van der Waals surface area contributed by atoms with Gasteiger partial charge in [0, 0.05) is 12.1 Å². The molecule has 0 aromatic heterocycles. The predicted octanol–water partition coefficient (Wildman–Crippen LogP) is 3.15. The van der Waals surface area contributed by atoms with Crippen LogP contribution in [-0.4, -0.2) is 6.04 Å². The highest BCUT2D eigenvalue weighted by molar-refractivity contribution is 5.67. The zero-order valence-corrected chi connectivity index (χ0v) is 9.55. The molecular formula is C13H16F2N2. The topological polar surface area (TPSA) is 38.0 Å². The van der Waals surface area contributed by atoms with Crippen LogP contribution in [0.1, 0.15) is 25.7 Å². The highest BCUT2D eigenvalue weighted by atomic mass is 19.1. The lowest BCUT2D eigenvalue weighted by atomic mass is 10.1. The number of nitrogens with two attached hydrogens (primary N) is 1. The lowest BCUT2D eigenvalue weighted by Gasteiger charge is -2.20. The van der Waals surface area contributed by atoms with Crippen LogP contribution in [0.2, 0.25) is 0 Å². The molecule has 2 nitrogen and oxygen atoms in total. The Hall–Kier alpha value is -1.32. The number of benzene rings is 1. The van der Waals surface area contributed by atoms with Gasteiger partial charge in [-0.3, -0.25) is 0 Å². The van der Waals surface area contributed by atoms with Crippen molar-refractivity contribution in [1.82, 2.24) is 0 Å². The maximum atomic E-state index is 13.3. The first kappa shape index (κ1) is 10.8. The highest BCUT2D eigenvalue weighted by Crippen LogP contribution is 2.46. The van der Waals surface area contributed by atoms with Gasteiger partial charge >= 0.3 is 0 Å². The van der Waals surface area contributed by atoms with E-state index in [0.29, 0.717) is 23.6 Å². The summed E-state index contributed by atoms with van der Waals surface area (Å²) >= 11 is 0. The summed E-state index contributed by atoms with van der Waals surface area (Å²) in [5, 5.41) is 3.25. The zero-order valence-electron chi connectivity index (χ0n) is 9.55. The van der Waals surface area contributed by atoms with Gasteiger partial charge in [0.25, 0.3) is 0 Å². The molecule has 3 rings (SSSR count). The summed E-state index contributed by atoms with van der Waals surface area (Å²) in [6, 6.07) is 2.46. The summed E-state index contributed by atoms with van der Waals surface area (Å²) in [6.07, 6.45) is 4.86. The van der Waals surface area contributed by atoms with Crippen LogP contribution < -0.4 is 11.1 Å². The van der Waals surface area contributed by atoms with Gasteiger partial charge in [0.2, 0.25) is 0 Å². The van der Waals surface area contributed by atoms with Crippen LogP contribution in [0.4, 0.5) is 20.2 Å². The number of halogens is 2. The van der Waals surface area contributed by atoms with Crippen LogP contribution in [0, 0.1) is 23.5 Å². The van der Waals surface area contributed by atoms with Gasteiger partial charge in [-0.2, -0.15) is 0 Å². The molecule has 0 spiro atoms. The minimum absolute atomic E-state index is 0.0256. The lowest BCUT2D eigenvalue weighted by molar-refractivity contribution is 0.562. The van der Waals surface area contributed by atoms with Crippen molar-refractivity contribution in [3.8, 4) is 0 Å². The number of hydrogen-bond donors (Lipinski definition) is 2. The number of rotatable bonds is 4. The monoisotopic (exact) mass is 238 g/mol. The van der Waals surface area contributed by atoms with Crippen molar-refractivity contribution in [3.05, 3.63) is 23.8 Å². The summed E-state index contributed by atoms with van der Waals surface area (Å²) in [5.74, 6) is 0.0591. The number of nitrogen functional groups attached to an aromatic ring is 1. The van der Waals surface area contributed by atoms with Crippen LogP contribution in [0.5, 0.6) is 0 Å². The molecule has 92 valence electrons. The first-order valence-electron chi connectivity index (χ1n) is 6.16. The Morgan fingerprint density at radius 1 is 1.12 bits per heavy atom. The summed E-state index contributed by atoms with van der Waals surface area (Å²) < 4.78 is 26.5. The molecule has 2 aliphatic carbocycles. The molecule has 0 atom stereocenters. The molecule has 0 radical (unpaired) electrons. The lowest BCUT2D eigenvalue weighted by Crippen LogP contribution is -2.25. The summed E-state index contributed by atoms with van der Waals surface area (Å²) in [6.45, 7) is 0. The Morgan fingerprint density at radius 2 is 1.71 bits per heavy atom. The molecule has 3 N–H and O–H groups in total. The van der Waals surface area contributed by atoms with Crippen LogP contribution in [0.25, 0.3) is 0 Å². The highest BCUT2D eigenvalue weighted by Gasteiger charge is 2.41. The maximum Gasteiger partial charge on any atom is 0.151 e. The molecule has 2 fully saturated rings. The van der Waals surface area contributed by atoms with Crippen molar-refractivity contribution < 1.29 is 8.78 Å². The molecule has 0 unspecified atom stereocenters. The summed E-state index contributed by atoms with van der Waals surface area (Å²) in [5.41, 5.74) is 6.07. The van der Waals surface area contributed by atoms with E-state index in [1.807, 2.05) is 0 Å². The smallest absolute Gasteiger partial charge is 0.151 e. The average molecular weight is 238 g/mol. The van der Waals surface area contributed by atoms with Crippen LogP contribution in [0.15, 0.2) is 12.1 Å². The van der Waals surface area contributed by atoms with Crippen molar-refractivity contribution in [2.45, 2.75) is 31.7 Å². The fraction of sp³-hybridized carbons (Fsp3) is 0.538. The van der Waals surface area contributed by atoms with E-state index in [-0.39, 0.29) is 5.69 Å². The normalized spacial score (nSPS) is 19.7. The molecule has 0 amide bonds. The molecule has 2 aliphatic rings. The molecule has 4 heteroatoms. The third-order valence-corrected chi connectivity index (χ3v) is 3.68. The molecule has 1 aromatic carbocycles. The molecule has 0 saturated heterocycles. The predicted molar refractivity (Wildman–Crippen MR) is 63.6 cm³/mol. The van der Waals surface area contributed by atoms with Gasteiger partial charge in [-0.25, -0.2) is 8.78 Å². The van der Waals surface area contributed by atoms with Crippen molar-refractivity contribution in [2.24, 2.45) is 11.8 Å². The first-order valence-corrected chi connectivity index (χ1v) is 6.16. The van der Waals surface area contributed by atoms with Gasteiger partial charge in [-0.05, 0) is 43.6 Å². The number of hydrogen-bond acceptors (Lipinski definition) is 2. The van der Waals surface area contributed by atoms with E-state index in [0.717, 1.165) is 6.07 Å². The second-order valence-corrected chi connectivity index (χ2v) is 5.19. The minimum Gasteiger partial charge on any atom is -0.395 e. The van der Waals surface area contributed by atoms with Gasteiger partial charge < -0.3 is 11.1 Å². The molecule has 17 heavy (non-hydrogen) atoms. The standard InChI is InChI=1S/C13H16F2N2/c14-9-5-10(15)12(16)11(6-9)17-13(7-1-2-7)8-3-4-8/h5-8,13,17H,1-4,16H2. The molecule has 2 saturated carbocycles. The Kier molecular flexibility index (Phi) is 2.45. The molecule has 0 aliphatic heterocycles. The third kappa shape index (κ3) is 2.21. The van der Waals surface area contributed by atoms with E-state index in [1.165, 1.54) is 31.7 Å². The minimum atomic E-state index is -0.683. The number of nitrogens with one attached hydrogen (secondary N) is 1. The SMILES string of the molecule is Nc1c(F)cc(F)cc1NC(C1CC1)C1CC1. The van der Waals surface area contributed by atoms with E-state index in [9.17, 15) is 8.78 Å². The molecular weight excluding hydrogens is 222 g/mol. The van der Waals surface area contributed by atoms with E-state index < -0.39 is 11.6 Å². The fourth-order valence-corrected chi connectivity index (χ4v) is 2.42. The maximum absolute atomic E-state index is 13.3. The van der Waals surface area contributed by atoms with Crippen LogP contribution in [0.3, 0.4) is 0 Å². The van der Waals surface area contributed by atoms with Gasteiger partial charge in [0.15, 0.2) is 5.82 Å². The van der Waals surface area contributed by atoms with E-state index in [1.54, 1.807) is 0 Å². The van der Waals surface area contributed by atoms with E-state index >= 15 is 0 Å². The van der Waals surface area contributed by atoms with Gasteiger partial charge in [0.05, 0.1) is 11.4 Å². The van der Waals surface area contributed by atoms with Crippen LogP contribution in [-0.2, 0) is 0 Å². The van der Waals surface area contributed by atoms with Crippen molar-refractivity contribution in [2.75, 3.05) is 11.1 Å². The first-order chi connectivity index (χ1) is 8.15. The number of anilines is 2. The largest absolute Gasteiger partial charge is 0.395 e. The second kappa shape index (κ2) is 3.86.